The molecule has 2 aromatic heterocycles. The number of nitrogens with zero attached hydrogens (tertiary/aromatic N) is 3. The first-order chi connectivity index (χ1) is 16.5. The van der Waals surface area contributed by atoms with Gasteiger partial charge in [0.25, 0.3) is 0 Å². The molecular formula is C25H26N4O4S. The quantitative estimate of drug-likeness (QED) is 0.424. The number of carbonyl (C=O) groups excluding carboxylic acids is 1. The summed E-state index contributed by atoms with van der Waals surface area (Å²) < 4.78 is 18.1. The Morgan fingerprint density at radius 1 is 1.21 bits per heavy atom. The van der Waals surface area contributed by atoms with Crippen LogP contribution >= 0.6 is 12.2 Å². The number of thiocarbonyl (C=S) groups is 1. The Morgan fingerprint density at radius 3 is 2.79 bits per heavy atom. The highest BCUT2D eigenvalue weighted by Gasteiger charge is 2.41. The number of aryl methyl sites for hydroxylation is 1. The summed E-state index contributed by atoms with van der Waals surface area (Å²) in [6.07, 6.45) is 2.02. The number of pyridine rings is 1. The van der Waals surface area contributed by atoms with Crippen molar-refractivity contribution < 1.29 is 19.0 Å². The Bertz CT molecular complexity index is 1240. The SMILES string of the molecule is COC(=O)CCN1C(=S)N[C@H](c2ccccn2)[C@H]1c1cc(C)n(-c2ccc3c(c2)OCO3)c1C. The van der Waals surface area contributed by atoms with Gasteiger partial charge in [0, 0.05) is 35.9 Å². The molecule has 5 rings (SSSR count). The standard InChI is InChI=1S/C25H26N4O4S/c1-15-12-18(16(2)29(15)17-7-8-20-21(13-17)33-14-32-20)24-23(19-6-4-5-10-26-19)27-25(34)28(24)11-9-22(30)31-3/h4-8,10,12-13,23-24H,9,11,14H2,1-3H3,(H,27,34)/t23-,24-/m1/s1. The summed E-state index contributed by atoms with van der Waals surface area (Å²) >= 11 is 5.71. The monoisotopic (exact) mass is 478 g/mol. The van der Waals surface area contributed by atoms with Crippen LogP contribution in [0.4, 0.5) is 0 Å². The lowest BCUT2D eigenvalue weighted by atomic mass is 9.96. The predicted octanol–water partition coefficient (Wildman–Crippen LogP) is 3.75. The molecule has 34 heavy (non-hydrogen) atoms. The molecule has 0 saturated carbocycles. The van der Waals surface area contributed by atoms with Crippen LogP contribution in [-0.4, -0.2) is 46.0 Å². The van der Waals surface area contributed by atoms with Crippen LogP contribution in [0.1, 0.15) is 41.1 Å². The van der Waals surface area contributed by atoms with Crippen LogP contribution in [0.3, 0.4) is 0 Å². The van der Waals surface area contributed by atoms with E-state index in [4.69, 9.17) is 26.4 Å². The lowest BCUT2D eigenvalue weighted by Gasteiger charge is -2.28. The van der Waals surface area contributed by atoms with E-state index in [-0.39, 0.29) is 31.3 Å². The Hall–Kier alpha value is -3.59. The van der Waals surface area contributed by atoms with E-state index in [1.165, 1.54) is 7.11 Å². The summed E-state index contributed by atoms with van der Waals surface area (Å²) in [7, 11) is 1.40. The number of esters is 1. The molecule has 176 valence electrons. The van der Waals surface area contributed by atoms with E-state index in [9.17, 15) is 4.79 Å². The van der Waals surface area contributed by atoms with Crippen LogP contribution in [0.5, 0.6) is 11.5 Å². The van der Waals surface area contributed by atoms with Crippen molar-refractivity contribution in [1.82, 2.24) is 19.8 Å². The van der Waals surface area contributed by atoms with Crippen LogP contribution < -0.4 is 14.8 Å². The average molecular weight is 479 g/mol. The normalized spacial score (nSPS) is 18.8. The number of nitrogens with one attached hydrogen (secondary N) is 1. The molecule has 2 aliphatic heterocycles. The minimum absolute atomic E-state index is 0.138. The fraction of sp³-hybridized carbons (Fsp3) is 0.320. The fourth-order valence-corrected chi connectivity index (χ4v) is 5.14. The molecule has 1 aromatic carbocycles. The number of hydrogen-bond acceptors (Lipinski definition) is 6. The van der Waals surface area contributed by atoms with Crippen molar-refractivity contribution in [2.75, 3.05) is 20.4 Å². The van der Waals surface area contributed by atoms with E-state index >= 15 is 0 Å². The van der Waals surface area contributed by atoms with Gasteiger partial charge in [0.1, 0.15) is 0 Å². The Labute approximate surface area is 203 Å². The Kier molecular flexibility index (Phi) is 5.87. The highest BCUT2D eigenvalue weighted by molar-refractivity contribution is 7.80. The zero-order valence-electron chi connectivity index (χ0n) is 19.3. The number of methoxy groups -OCH3 is 1. The summed E-state index contributed by atoms with van der Waals surface area (Å²) in [5, 5.41) is 4.03. The van der Waals surface area contributed by atoms with Gasteiger partial charge < -0.3 is 29.0 Å². The van der Waals surface area contributed by atoms with E-state index in [2.05, 4.69) is 39.7 Å². The number of hydrogen-bond donors (Lipinski definition) is 1. The van der Waals surface area contributed by atoms with Crippen molar-refractivity contribution in [3.05, 3.63) is 71.3 Å². The van der Waals surface area contributed by atoms with E-state index < -0.39 is 0 Å². The van der Waals surface area contributed by atoms with Gasteiger partial charge in [-0.2, -0.15) is 0 Å². The maximum absolute atomic E-state index is 11.9. The highest BCUT2D eigenvalue weighted by Crippen LogP contribution is 2.42. The lowest BCUT2D eigenvalue weighted by Crippen LogP contribution is -2.32. The molecule has 0 spiro atoms. The fourth-order valence-electron chi connectivity index (χ4n) is 4.81. The minimum atomic E-state index is -0.270. The molecule has 1 N–H and O–H groups in total. The molecule has 2 aliphatic rings. The van der Waals surface area contributed by atoms with Crippen molar-refractivity contribution in [3.8, 4) is 17.2 Å². The topological polar surface area (TPSA) is 77.9 Å². The first-order valence-corrected chi connectivity index (χ1v) is 11.5. The van der Waals surface area contributed by atoms with Crippen molar-refractivity contribution in [1.29, 1.82) is 0 Å². The van der Waals surface area contributed by atoms with Gasteiger partial charge in [0.15, 0.2) is 16.6 Å². The summed E-state index contributed by atoms with van der Waals surface area (Å²) in [6, 6.07) is 13.7. The first kappa shape index (κ1) is 22.2. The first-order valence-electron chi connectivity index (χ1n) is 11.1. The largest absolute Gasteiger partial charge is 0.469 e. The highest BCUT2D eigenvalue weighted by atomic mass is 32.1. The second-order valence-corrected chi connectivity index (χ2v) is 8.73. The minimum Gasteiger partial charge on any atom is -0.469 e. The molecule has 0 aliphatic carbocycles. The number of ether oxygens (including phenoxy) is 3. The second-order valence-electron chi connectivity index (χ2n) is 8.35. The van der Waals surface area contributed by atoms with Crippen LogP contribution in [0.2, 0.25) is 0 Å². The van der Waals surface area contributed by atoms with Gasteiger partial charge in [-0.3, -0.25) is 9.78 Å². The van der Waals surface area contributed by atoms with Crippen molar-refractivity contribution >= 4 is 23.3 Å². The molecule has 1 fully saturated rings. The van der Waals surface area contributed by atoms with Gasteiger partial charge in [-0.1, -0.05) is 6.07 Å². The second kappa shape index (κ2) is 8.98. The van der Waals surface area contributed by atoms with E-state index in [0.29, 0.717) is 11.7 Å². The molecular weight excluding hydrogens is 452 g/mol. The Balaban J connectivity index is 1.57. The molecule has 3 aromatic rings. The third kappa shape index (κ3) is 3.86. The van der Waals surface area contributed by atoms with Gasteiger partial charge in [-0.25, -0.2) is 0 Å². The molecule has 0 radical (unpaired) electrons. The maximum Gasteiger partial charge on any atom is 0.307 e. The van der Waals surface area contributed by atoms with Crippen LogP contribution in [0.25, 0.3) is 5.69 Å². The predicted molar refractivity (Wildman–Crippen MR) is 130 cm³/mol. The van der Waals surface area contributed by atoms with Gasteiger partial charge in [-0.05, 0) is 62.0 Å². The van der Waals surface area contributed by atoms with Crippen molar-refractivity contribution in [2.24, 2.45) is 0 Å². The molecule has 0 amide bonds. The van der Waals surface area contributed by atoms with Crippen LogP contribution in [0.15, 0.2) is 48.7 Å². The third-order valence-electron chi connectivity index (χ3n) is 6.39. The lowest BCUT2D eigenvalue weighted by molar-refractivity contribution is -0.140. The van der Waals surface area contributed by atoms with Crippen LogP contribution in [0, 0.1) is 13.8 Å². The molecule has 4 heterocycles. The molecule has 1 saturated heterocycles. The number of carbonyl (C=O) groups is 1. The van der Waals surface area contributed by atoms with Crippen molar-refractivity contribution in [2.45, 2.75) is 32.4 Å². The van der Waals surface area contributed by atoms with Gasteiger partial charge >= 0.3 is 5.97 Å². The summed E-state index contributed by atoms with van der Waals surface area (Å²) in [4.78, 5) is 18.6. The number of benzene rings is 1. The number of rotatable bonds is 6. The van der Waals surface area contributed by atoms with E-state index in [1.54, 1.807) is 6.20 Å². The Morgan fingerprint density at radius 2 is 2.03 bits per heavy atom. The molecule has 8 nitrogen and oxygen atoms in total. The molecule has 0 bridgehead atoms. The smallest absolute Gasteiger partial charge is 0.307 e. The molecule has 0 unspecified atom stereocenters. The van der Waals surface area contributed by atoms with Crippen molar-refractivity contribution in [3.63, 3.8) is 0 Å². The van der Waals surface area contributed by atoms with Gasteiger partial charge in [0.2, 0.25) is 6.79 Å². The van der Waals surface area contributed by atoms with Gasteiger partial charge in [0.05, 0.1) is 31.3 Å². The summed E-state index contributed by atoms with van der Waals surface area (Å²) in [5.74, 6) is 1.22. The van der Waals surface area contributed by atoms with Crippen LogP contribution in [-0.2, 0) is 9.53 Å². The van der Waals surface area contributed by atoms with E-state index in [0.717, 1.165) is 39.8 Å². The summed E-state index contributed by atoms with van der Waals surface area (Å²) in [5.41, 5.74) is 5.16. The zero-order valence-corrected chi connectivity index (χ0v) is 20.1. The summed E-state index contributed by atoms with van der Waals surface area (Å²) in [6.45, 7) is 4.86. The number of aromatic nitrogens is 2. The maximum atomic E-state index is 11.9. The van der Waals surface area contributed by atoms with E-state index in [1.807, 2.05) is 36.4 Å². The zero-order chi connectivity index (χ0) is 23.8. The average Bonchev–Trinajstić information content (AvgIpc) is 3.52. The third-order valence-corrected chi connectivity index (χ3v) is 6.74. The molecule has 9 heteroatoms. The number of fused-ring (bicyclic) bond motifs is 1. The van der Waals surface area contributed by atoms with Gasteiger partial charge in [-0.15, -0.1) is 0 Å². The molecule has 2 atom stereocenters.